The monoisotopic (exact) mass is 769 g/mol. The zero-order valence-electron chi connectivity index (χ0n) is 32.8. The van der Waals surface area contributed by atoms with Crippen LogP contribution in [0.3, 0.4) is 0 Å². The molecule has 0 bridgehead atoms. The largest absolute Gasteiger partial charge is 0.397 e. The average molecular weight is 770 g/mol. The van der Waals surface area contributed by atoms with Crippen LogP contribution in [0.1, 0.15) is 85.3 Å². The van der Waals surface area contributed by atoms with Crippen LogP contribution in [0.4, 0.5) is 11.4 Å². The highest BCUT2D eigenvalue weighted by Gasteiger charge is 2.33. The van der Waals surface area contributed by atoms with Crippen LogP contribution in [-0.2, 0) is 38.6 Å². The normalized spacial score (nSPS) is 16.6. The summed E-state index contributed by atoms with van der Waals surface area (Å²) in [6, 6.07) is 37.7. The number of unbranched alkanes of at least 4 members (excludes halogenated alkanes) is 3. The van der Waals surface area contributed by atoms with Gasteiger partial charge in [0.2, 0.25) is 11.8 Å². The minimum absolute atomic E-state index is 0.00144. The molecule has 4 aromatic carbocycles. The van der Waals surface area contributed by atoms with Crippen LogP contribution in [0, 0.1) is 0 Å². The second kappa shape index (κ2) is 21.2. The van der Waals surface area contributed by atoms with E-state index in [4.69, 9.17) is 15.2 Å². The van der Waals surface area contributed by atoms with Crippen molar-refractivity contribution in [2.24, 2.45) is 0 Å². The van der Waals surface area contributed by atoms with Gasteiger partial charge in [-0.2, -0.15) is 0 Å². The fourth-order valence-electron chi connectivity index (χ4n) is 7.09. The smallest absolute Gasteiger partial charge is 0.224 e. The molecule has 2 heterocycles. The van der Waals surface area contributed by atoms with Crippen LogP contribution in [-0.4, -0.2) is 53.0 Å². The number of rotatable bonds is 19. The zero-order chi connectivity index (χ0) is 39.8. The van der Waals surface area contributed by atoms with E-state index < -0.39 is 6.29 Å². The molecule has 1 saturated heterocycles. The first-order chi connectivity index (χ1) is 27.8. The van der Waals surface area contributed by atoms with Crippen molar-refractivity contribution in [3.8, 4) is 11.1 Å². The molecule has 5 N–H and O–H groups in total. The molecule has 3 atom stereocenters. The lowest BCUT2D eigenvalue weighted by Gasteiger charge is -2.38. The summed E-state index contributed by atoms with van der Waals surface area (Å²) in [6.07, 6.45) is 6.76. The molecule has 0 saturated carbocycles. The second-order valence-corrected chi connectivity index (χ2v) is 14.8. The standard InChI is InChI=1S/C47H55N5O5/c1-52(27-25-40-16-8-9-26-49-40)32-41-30-44(36-23-21-34(33-53)22-24-36)57-47(56-41)39-15-11-14-38(29-39)37-13-10-12-35(28-37)31-50-45(54)19-4-2-3-5-20-46(55)51-43-18-7-6-17-42(43)48/h6-18,21-24,26,28-29,41,44,47,53H,2-5,19-20,25,27,30-33,48H2,1H3,(H,50,54)(H,51,55)/t41-,44+,47+/m1/s1. The van der Waals surface area contributed by atoms with E-state index in [-0.39, 0.29) is 30.6 Å². The van der Waals surface area contributed by atoms with Crippen LogP contribution in [0.15, 0.2) is 121 Å². The number of carbonyl (C=O) groups is 2. The van der Waals surface area contributed by atoms with Gasteiger partial charge in [-0.05, 0) is 84.1 Å². The number of nitrogen functional groups attached to an aromatic ring is 1. The number of nitrogens with two attached hydrogens (primary N) is 1. The van der Waals surface area contributed by atoms with Crippen molar-refractivity contribution in [1.82, 2.24) is 15.2 Å². The number of ether oxygens (including phenoxy) is 2. The predicted molar refractivity (Wildman–Crippen MR) is 225 cm³/mol. The third-order valence-electron chi connectivity index (χ3n) is 10.3. The zero-order valence-corrected chi connectivity index (χ0v) is 32.8. The molecular weight excluding hydrogens is 715 g/mol. The Balaban J connectivity index is 1.01. The van der Waals surface area contributed by atoms with E-state index in [1.807, 2.05) is 79.0 Å². The van der Waals surface area contributed by atoms with E-state index in [1.165, 1.54) is 0 Å². The number of aliphatic hydroxyl groups is 1. The van der Waals surface area contributed by atoms with Gasteiger partial charge in [0, 0.05) is 62.8 Å². The van der Waals surface area contributed by atoms with Crippen molar-refractivity contribution in [1.29, 1.82) is 0 Å². The number of aliphatic hydroxyl groups excluding tert-OH is 1. The van der Waals surface area contributed by atoms with E-state index in [9.17, 15) is 14.7 Å². The maximum Gasteiger partial charge on any atom is 0.224 e. The van der Waals surface area contributed by atoms with E-state index in [0.717, 1.165) is 84.3 Å². The van der Waals surface area contributed by atoms with Crippen molar-refractivity contribution in [2.75, 3.05) is 31.2 Å². The van der Waals surface area contributed by atoms with Gasteiger partial charge in [0.25, 0.3) is 0 Å². The van der Waals surface area contributed by atoms with Crippen molar-refractivity contribution < 1.29 is 24.2 Å². The van der Waals surface area contributed by atoms with Gasteiger partial charge in [0.05, 0.1) is 30.2 Å². The molecule has 1 aliphatic rings. The molecule has 0 aliphatic carbocycles. The molecule has 57 heavy (non-hydrogen) atoms. The number of nitrogens with zero attached hydrogens (tertiary/aromatic N) is 2. The summed E-state index contributed by atoms with van der Waals surface area (Å²) in [7, 11) is 2.12. The average Bonchev–Trinajstić information content (AvgIpc) is 3.24. The Morgan fingerprint density at radius 1 is 0.789 bits per heavy atom. The molecule has 0 spiro atoms. The number of anilines is 2. The number of pyridine rings is 1. The summed E-state index contributed by atoms with van der Waals surface area (Å²) in [5, 5.41) is 15.5. The van der Waals surface area contributed by atoms with Gasteiger partial charge in [-0.3, -0.25) is 14.6 Å². The quantitative estimate of drug-likeness (QED) is 0.0488. The minimum atomic E-state index is -0.566. The first kappa shape index (κ1) is 41.2. The number of likely N-dealkylation sites (N-methyl/N-ethyl adjacent to an activating group) is 1. The number of hydrogen-bond donors (Lipinski definition) is 4. The molecular formula is C47H55N5O5. The fraction of sp³-hybridized carbons (Fsp3) is 0.340. The van der Waals surface area contributed by atoms with E-state index in [2.05, 4.69) is 57.9 Å². The van der Waals surface area contributed by atoms with Gasteiger partial charge in [0.15, 0.2) is 6.29 Å². The Morgan fingerprint density at radius 2 is 1.53 bits per heavy atom. The number of hydrogen-bond acceptors (Lipinski definition) is 8. The molecule has 0 unspecified atom stereocenters. The fourth-order valence-corrected chi connectivity index (χ4v) is 7.09. The van der Waals surface area contributed by atoms with Crippen molar-refractivity contribution in [3.63, 3.8) is 0 Å². The van der Waals surface area contributed by atoms with Gasteiger partial charge in [0.1, 0.15) is 0 Å². The van der Waals surface area contributed by atoms with Gasteiger partial charge in [-0.1, -0.05) is 91.7 Å². The summed E-state index contributed by atoms with van der Waals surface area (Å²) in [5.74, 6) is -0.0325. The molecule has 1 fully saturated rings. The summed E-state index contributed by atoms with van der Waals surface area (Å²) in [6.45, 7) is 2.04. The molecule has 2 amide bonds. The van der Waals surface area contributed by atoms with E-state index >= 15 is 0 Å². The first-order valence-electron chi connectivity index (χ1n) is 20.0. The van der Waals surface area contributed by atoms with Gasteiger partial charge >= 0.3 is 0 Å². The topological polar surface area (TPSA) is 139 Å². The number of amides is 2. The molecule has 298 valence electrons. The molecule has 0 radical (unpaired) electrons. The number of carbonyl (C=O) groups excluding carboxylic acids is 2. The van der Waals surface area contributed by atoms with Crippen molar-refractivity contribution in [2.45, 2.75) is 83.0 Å². The van der Waals surface area contributed by atoms with Gasteiger partial charge in [-0.15, -0.1) is 0 Å². The second-order valence-electron chi connectivity index (χ2n) is 14.8. The summed E-state index contributed by atoms with van der Waals surface area (Å²) < 4.78 is 13.3. The lowest BCUT2D eigenvalue weighted by atomic mass is 9.98. The number of benzene rings is 4. The molecule has 10 heteroatoms. The number of aromatic nitrogens is 1. The lowest BCUT2D eigenvalue weighted by Crippen LogP contribution is -2.38. The Morgan fingerprint density at radius 3 is 2.28 bits per heavy atom. The van der Waals surface area contributed by atoms with Gasteiger partial charge < -0.3 is 35.8 Å². The van der Waals surface area contributed by atoms with Crippen molar-refractivity contribution in [3.05, 3.63) is 149 Å². The Kier molecular flexibility index (Phi) is 15.4. The molecule has 10 nitrogen and oxygen atoms in total. The summed E-state index contributed by atoms with van der Waals surface area (Å²) in [5.41, 5.74) is 14.1. The third kappa shape index (κ3) is 12.8. The molecule has 1 aliphatic heterocycles. The van der Waals surface area contributed by atoms with Crippen LogP contribution in [0.5, 0.6) is 0 Å². The number of nitrogens with one attached hydrogen (secondary N) is 2. The van der Waals surface area contributed by atoms with E-state index in [1.54, 1.807) is 12.1 Å². The summed E-state index contributed by atoms with van der Waals surface area (Å²) >= 11 is 0. The first-order valence-corrected chi connectivity index (χ1v) is 20.0. The van der Waals surface area contributed by atoms with Crippen LogP contribution in [0.25, 0.3) is 11.1 Å². The molecule has 5 aromatic rings. The lowest BCUT2D eigenvalue weighted by molar-refractivity contribution is -0.252. The van der Waals surface area contributed by atoms with Crippen LogP contribution < -0.4 is 16.4 Å². The highest BCUT2D eigenvalue weighted by molar-refractivity contribution is 5.93. The Labute approximate surface area is 336 Å². The third-order valence-corrected chi connectivity index (χ3v) is 10.3. The number of para-hydroxylation sites is 2. The Hall–Kier alpha value is -5.39. The summed E-state index contributed by atoms with van der Waals surface area (Å²) in [4.78, 5) is 31.7. The van der Waals surface area contributed by atoms with Crippen molar-refractivity contribution >= 4 is 23.2 Å². The SMILES string of the molecule is CN(CCc1ccccn1)C[C@H]1C[C@@H](c2ccc(CO)cc2)O[C@@H](c2cccc(-c3cccc(CNC(=O)CCCCCCC(=O)Nc4ccccc4N)c3)c2)O1. The maximum atomic E-state index is 12.7. The molecule has 6 rings (SSSR count). The van der Waals surface area contributed by atoms with E-state index in [0.29, 0.717) is 37.2 Å². The van der Waals surface area contributed by atoms with Crippen LogP contribution >= 0.6 is 0 Å². The highest BCUT2D eigenvalue weighted by atomic mass is 16.7. The Bertz CT molecular complexity index is 2020. The predicted octanol–water partition coefficient (Wildman–Crippen LogP) is 8.14. The highest BCUT2D eigenvalue weighted by Crippen LogP contribution is 2.39. The van der Waals surface area contributed by atoms with Crippen LogP contribution in [0.2, 0.25) is 0 Å². The minimum Gasteiger partial charge on any atom is -0.397 e. The van der Waals surface area contributed by atoms with Gasteiger partial charge in [-0.25, -0.2) is 0 Å². The molecule has 1 aromatic heterocycles. The maximum absolute atomic E-state index is 12.7.